The number of hydrogen-bond donors (Lipinski definition) is 2. The number of carbonyl (C=O) groups excluding carboxylic acids is 1. The first-order valence-corrected chi connectivity index (χ1v) is 9.08. The van der Waals surface area contributed by atoms with Gasteiger partial charge in [0.25, 0.3) is 0 Å². The number of H-pyrrole nitrogens is 1. The molecule has 0 saturated carbocycles. The zero-order chi connectivity index (χ0) is 18.8. The van der Waals surface area contributed by atoms with Crippen LogP contribution in [0.5, 0.6) is 5.75 Å². The van der Waals surface area contributed by atoms with E-state index in [0.29, 0.717) is 6.54 Å². The summed E-state index contributed by atoms with van der Waals surface area (Å²) in [7, 11) is 1.68. The number of fused-ring (bicyclic) bond motifs is 2. The predicted octanol–water partition coefficient (Wildman–Crippen LogP) is 4.68. The van der Waals surface area contributed by atoms with Crippen LogP contribution in [-0.4, -0.2) is 24.5 Å². The molecular weight excluding hydrogens is 336 g/mol. The summed E-state index contributed by atoms with van der Waals surface area (Å²) in [5.74, 6) is 0.812. The Morgan fingerprint density at radius 2 is 1.85 bits per heavy atom. The quantitative estimate of drug-likeness (QED) is 0.544. The highest BCUT2D eigenvalue weighted by atomic mass is 16.5. The molecule has 0 aliphatic heterocycles. The zero-order valence-corrected chi connectivity index (χ0v) is 15.5. The second kappa shape index (κ2) is 7.16. The van der Waals surface area contributed by atoms with E-state index in [0.717, 1.165) is 34.3 Å². The number of methoxy groups -OCH3 is 1. The van der Waals surface area contributed by atoms with Crippen LogP contribution in [0.25, 0.3) is 32.9 Å². The molecule has 0 fully saturated rings. The highest BCUT2D eigenvalue weighted by Crippen LogP contribution is 2.34. The third kappa shape index (κ3) is 3.38. The average Bonchev–Trinajstić information content (AvgIpc) is 3.05. The van der Waals surface area contributed by atoms with Crippen molar-refractivity contribution in [2.75, 3.05) is 13.7 Å². The van der Waals surface area contributed by atoms with Crippen LogP contribution in [0.2, 0.25) is 0 Å². The number of hydrogen-bond acceptors (Lipinski definition) is 2. The Balaban J connectivity index is 1.85. The van der Waals surface area contributed by atoms with Gasteiger partial charge in [-0.1, -0.05) is 36.4 Å². The molecular formula is C23H22N2O2. The number of benzene rings is 3. The van der Waals surface area contributed by atoms with Crippen molar-refractivity contribution < 1.29 is 9.53 Å². The van der Waals surface area contributed by atoms with Gasteiger partial charge in [0, 0.05) is 30.1 Å². The second-order valence-corrected chi connectivity index (χ2v) is 6.68. The minimum atomic E-state index is -0.0142. The van der Waals surface area contributed by atoms with Crippen molar-refractivity contribution in [1.82, 2.24) is 10.3 Å². The summed E-state index contributed by atoms with van der Waals surface area (Å²) in [6.45, 7) is 2.14. The van der Waals surface area contributed by atoms with Crippen molar-refractivity contribution in [1.29, 1.82) is 0 Å². The van der Waals surface area contributed by atoms with Gasteiger partial charge in [-0.2, -0.15) is 0 Å². The summed E-state index contributed by atoms with van der Waals surface area (Å²) >= 11 is 0. The van der Waals surface area contributed by atoms with E-state index in [4.69, 9.17) is 4.74 Å². The van der Waals surface area contributed by atoms with E-state index in [1.165, 1.54) is 16.3 Å². The van der Waals surface area contributed by atoms with E-state index in [1.807, 2.05) is 12.1 Å². The van der Waals surface area contributed by atoms with Crippen molar-refractivity contribution >= 4 is 27.6 Å². The Hall–Kier alpha value is -3.27. The minimum Gasteiger partial charge on any atom is -0.497 e. The van der Waals surface area contributed by atoms with Crippen LogP contribution < -0.4 is 10.1 Å². The lowest BCUT2D eigenvalue weighted by molar-refractivity contribution is -0.118. The Bertz CT molecular complexity index is 1130. The predicted molar refractivity (Wildman–Crippen MR) is 110 cm³/mol. The fourth-order valence-corrected chi connectivity index (χ4v) is 3.57. The number of nitrogens with one attached hydrogen (secondary N) is 2. The maximum atomic E-state index is 11.3. The van der Waals surface area contributed by atoms with E-state index >= 15 is 0 Å². The Morgan fingerprint density at radius 1 is 1.04 bits per heavy atom. The molecule has 0 saturated heterocycles. The van der Waals surface area contributed by atoms with Gasteiger partial charge in [-0.05, 0) is 52.6 Å². The fourth-order valence-electron chi connectivity index (χ4n) is 3.57. The molecule has 0 radical (unpaired) electrons. The van der Waals surface area contributed by atoms with Crippen LogP contribution in [0, 0.1) is 0 Å². The van der Waals surface area contributed by atoms with E-state index in [-0.39, 0.29) is 5.91 Å². The van der Waals surface area contributed by atoms with Crippen LogP contribution in [0.15, 0.2) is 60.7 Å². The van der Waals surface area contributed by atoms with Crippen molar-refractivity contribution in [3.8, 4) is 17.0 Å². The Kier molecular flexibility index (Phi) is 4.55. The minimum absolute atomic E-state index is 0.0142. The molecule has 136 valence electrons. The molecule has 0 unspecified atom stereocenters. The molecule has 1 heterocycles. The van der Waals surface area contributed by atoms with E-state index in [2.05, 4.69) is 58.8 Å². The maximum Gasteiger partial charge on any atom is 0.216 e. The standard InChI is InChI=1S/C23H22N2O2/c1-15(26)24-12-11-20-21-14-19(27-2)9-10-22(21)25-23(20)18-8-7-16-5-3-4-6-17(16)13-18/h3-10,13-14,25H,11-12H2,1-2H3,(H,24,26). The van der Waals surface area contributed by atoms with Crippen LogP contribution in [0.4, 0.5) is 0 Å². The number of ether oxygens (including phenoxy) is 1. The molecule has 0 aliphatic carbocycles. The molecule has 4 rings (SSSR count). The van der Waals surface area contributed by atoms with Gasteiger partial charge in [-0.25, -0.2) is 0 Å². The van der Waals surface area contributed by atoms with Crippen molar-refractivity contribution in [3.63, 3.8) is 0 Å². The molecule has 4 aromatic rings. The summed E-state index contributed by atoms with van der Waals surface area (Å²) in [6, 6.07) is 20.9. The fraction of sp³-hybridized carbons (Fsp3) is 0.174. The Labute approximate surface area is 158 Å². The summed E-state index contributed by atoms with van der Waals surface area (Å²) in [6.07, 6.45) is 0.745. The van der Waals surface area contributed by atoms with Gasteiger partial charge in [0.2, 0.25) is 5.91 Å². The average molecular weight is 358 g/mol. The lowest BCUT2D eigenvalue weighted by atomic mass is 10.00. The van der Waals surface area contributed by atoms with Crippen LogP contribution in [-0.2, 0) is 11.2 Å². The molecule has 0 atom stereocenters. The van der Waals surface area contributed by atoms with E-state index in [9.17, 15) is 4.79 Å². The highest BCUT2D eigenvalue weighted by Gasteiger charge is 2.14. The first-order chi connectivity index (χ1) is 13.2. The lowest BCUT2D eigenvalue weighted by Gasteiger charge is -2.08. The van der Waals surface area contributed by atoms with Gasteiger partial charge in [0.15, 0.2) is 0 Å². The van der Waals surface area contributed by atoms with Crippen molar-refractivity contribution in [2.24, 2.45) is 0 Å². The molecule has 0 spiro atoms. The molecule has 0 aliphatic rings. The van der Waals surface area contributed by atoms with Crippen molar-refractivity contribution in [3.05, 3.63) is 66.2 Å². The van der Waals surface area contributed by atoms with Crippen LogP contribution in [0.1, 0.15) is 12.5 Å². The number of aromatic nitrogens is 1. The number of amides is 1. The van der Waals surface area contributed by atoms with E-state index in [1.54, 1.807) is 14.0 Å². The van der Waals surface area contributed by atoms with Crippen LogP contribution >= 0.6 is 0 Å². The maximum absolute atomic E-state index is 11.3. The topological polar surface area (TPSA) is 54.1 Å². The third-order valence-corrected chi connectivity index (χ3v) is 4.90. The lowest BCUT2D eigenvalue weighted by Crippen LogP contribution is -2.22. The normalized spacial score (nSPS) is 11.0. The molecule has 1 amide bonds. The number of aromatic amines is 1. The molecule has 4 nitrogen and oxygen atoms in total. The monoisotopic (exact) mass is 358 g/mol. The van der Waals surface area contributed by atoms with Gasteiger partial charge in [0.05, 0.1) is 7.11 Å². The summed E-state index contributed by atoms with van der Waals surface area (Å²) < 4.78 is 5.41. The largest absolute Gasteiger partial charge is 0.497 e. The van der Waals surface area contributed by atoms with Gasteiger partial charge in [-0.3, -0.25) is 4.79 Å². The molecule has 0 bridgehead atoms. The number of carbonyl (C=O) groups is 1. The van der Waals surface area contributed by atoms with Gasteiger partial charge in [-0.15, -0.1) is 0 Å². The molecule has 4 heteroatoms. The summed E-state index contributed by atoms with van der Waals surface area (Å²) in [5, 5.41) is 6.46. The van der Waals surface area contributed by atoms with Crippen molar-refractivity contribution in [2.45, 2.75) is 13.3 Å². The molecule has 27 heavy (non-hydrogen) atoms. The smallest absolute Gasteiger partial charge is 0.216 e. The first-order valence-electron chi connectivity index (χ1n) is 9.08. The number of rotatable bonds is 5. The summed E-state index contributed by atoms with van der Waals surface area (Å²) in [4.78, 5) is 14.9. The highest BCUT2D eigenvalue weighted by molar-refractivity contribution is 5.94. The molecule has 3 aromatic carbocycles. The molecule has 2 N–H and O–H groups in total. The Morgan fingerprint density at radius 3 is 2.63 bits per heavy atom. The SMILES string of the molecule is COc1ccc2[nH]c(-c3ccc4ccccc4c3)c(CCNC(C)=O)c2c1. The second-order valence-electron chi connectivity index (χ2n) is 6.68. The zero-order valence-electron chi connectivity index (χ0n) is 15.5. The first kappa shape index (κ1) is 17.2. The third-order valence-electron chi connectivity index (χ3n) is 4.90. The van der Waals surface area contributed by atoms with Gasteiger partial charge >= 0.3 is 0 Å². The van der Waals surface area contributed by atoms with Crippen LogP contribution in [0.3, 0.4) is 0 Å². The van der Waals surface area contributed by atoms with Gasteiger partial charge < -0.3 is 15.0 Å². The molecule has 1 aromatic heterocycles. The summed E-state index contributed by atoms with van der Waals surface area (Å²) in [5.41, 5.74) is 4.49. The van der Waals surface area contributed by atoms with Gasteiger partial charge in [0.1, 0.15) is 5.75 Å². The van der Waals surface area contributed by atoms with E-state index < -0.39 is 0 Å².